The molecule has 0 unspecified atom stereocenters. The molecule has 1 fully saturated rings. The normalized spacial score (nSPS) is 31.6. The van der Waals surface area contributed by atoms with E-state index in [2.05, 4.69) is 26.8 Å². The van der Waals surface area contributed by atoms with Crippen molar-refractivity contribution in [1.82, 2.24) is 0 Å². The molecule has 1 saturated carbocycles. The number of carbonyl (C=O) groups is 1. The Balaban J connectivity index is 2.16. The molecule has 2 aliphatic rings. The highest BCUT2D eigenvalue weighted by molar-refractivity contribution is 5.86. The number of fused-ring (bicyclic) bond motifs is 3. The number of hydrogen-bond donors (Lipinski definition) is 1. The smallest absolute Gasteiger partial charge is 0.138 e. The summed E-state index contributed by atoms with van der Waals surface area (Å²) in [6, 6.07) is 4.10. The van der Waals surface area contributed by atoms with Gasteiger partial charge in [0.05, 0.1) is 0 Å². The van der Waals surface area contributed by atoms with Crippen molar-refractivity contribution in [2.45, 2.75) is 58.8 Å². The molecule has 2 nitrogen and oxygen atoms in total. The lowest BCUT2D eigenvalue weighted by molar-refractivity contribution is -0.137. The van der Waals surface area contributed by atoms with Gasteiger partial charge in [0.15, 0.2) is 0 Å². The Labute approximate surface area is 121 Å². The average Bonchev–Trinajstić information content (AvgIpc) is 2.37. The highest BCUT2D eigenvalue weighted by atomic mass is 16.3. The zero-order valence-corrected chi connectivity index (χ0v) is 12.9. The van der Waals surface area contributed by atoms with Gasteiger partial charge in [0.1, 0.15) is 11.5 Å². The zero-order valence-electron chi connectivity index (χ0n) is 12.9. The highest BCUT2D eigenvalue weighted by Gasteiger charge is 2.53. The molecule has 0 saturated heterocycles. The predicted molar refractivity (Wildman–Crippen MR) is 80.0 cm³/mol. The maximum Gasteiger partial charge on any atom is 0.138 e. The number of Topliss-reactive ketones (excluding diaryl/α,β-unsaturated/α-hetero) is 1. The molecule has 0 aromatic heterocycles. The van der Waals surface area contributed by atoms with Gasteiger partial charge in [0, 0.05) is 11.8 Å². The van der Waals surface area contributed by atoms with E-state index in [0.717, 1.165) is 24.8 Å². The van der Waals surface area contributed by atoms with Crippen LogP contribution in [0.4, 0.5) is 0 Å². The van der Waals surface area contributed by atoms with E-state index >= 15 is 0 Å². The van der Waals surface area contributed by atoms with Gasteiger partial charge in [-0.2, -0.15) is 0 Å². The molecule has 0 radical (unpaired) electrons. The van der Waals surface area contributed by atoms with Crippen LogP contribution in [-0.2, 0) is 16.6 Å². The van der Waals surface area contributed by atoms with E-state index in [-0.39, 0.29) is 10.8 Å². The fourth-order valence-corrected chi connectivity index (χ4v) is 4.66. The van der Waals surface area contributed by atoms with Gasteiger partial charge in [-0.15, -0.1) is 0 Å². The van der Waals surface area contributed by atoms with Crippen molar-refractivity contribution < 1.29 is 9.90 Å². The van der Waals surface area contributed by atoms with Crippen molar-refractivity contribution in [3.05, 3.63) is 28.8 Å². The Morgan fingerprint density at radius 2 is 1.90 bits per heavy atom. The summed E-state index contributed by atoms with van der Waals surface area (Å²) in [7, 11) is 0. The first-order chi connectivity index (χ1) is 9.26. The number of hydrogen-bond acceptors (Lipinski definition) is 2. The van der Waals surface area contributed by atoms with Gasteiger partial charge in [-0.05, 0) is 60.3 Å². The van der Waals surface area contributed by atoms with Crippen LogP contribution in [0.15, 0.2) is 12.1 Å². The van der Waals surface area contributed by atoms with E-state index < -0.39 is 0 Å². The predicted octanol–water partition coefficient (Wildman–Crippen LogP) is 3.91. The van der Waals surface area contributed by atoms with Gasteiger partial charge in [0.2, 0.25) is 0 Å². The van der Waals surface area contributed by atoms with E-state index in [1.54, 1.807) is 0 Å². The van der Waals surface area contributed by atoms with Gasteiger partial charge >= 0.3 is 0 Å². The third kappa shape index (κ3) is 1.66. The summed E-state index contributed by atoms with van der Waals surface area (Å²) >= 11 is 0. The molecule has 20 heavy (non-hydrogen) atoms. The van der Waals surface area contributed by atoms with Gasteiger partial charge in [0.25, 0.3) is 0 Å². The van der Waals surface area contributed by atoms with E-state index in [0.29, 0.717) is 23.9 Å². The summed E-state index contributed by atoms with van der Waals surface area (Å²) in [5.41, 5.74) is 3.38. The number of aromatic hydroxyl groups is 1. The van der Waals surface area contributed by atoms with Gasteiger partial charge in [-0.1, -0.05) is 26.8 Å². The first-order valence-corrected chi connectivity index (χ1v) is 7.63. The molecule has 0 amide bonds. The summed E-state index contributed by atoms with van der Waals surface area (Å²) in [6.45, 7) is 8.46. The van der Waals surface area contributed by atoms with Crippen LogP contribution in [0.25, 0.3) is 0 Å². The lowest BCUT2D eigenvalue weighted by Gasteiger charge is -2.53. The molecule has 2 heteroatoms. The molecular formula is C18H24O2. The number of phenols is 1. The monoisotopic (exact) mass is 272 g/mol. The van der Waals surface area contributed by atoms with Crippen LogP contribution in [0, 0.1) is 18.3 Å². The number of carbonyl (C=O) groups excluding carboxylic acids is 1. The van der Waals surface area contributed by atoms with Crippen LogP contribution in [0.5, 0.6) is 5.75 Å². The fraction of sp³-hybridized carbons (Fsp3) is 0.611. The molecule has 0 heterocycles. The largest absolute Gasteiger partial charge is 0.508 e. The van der Waals surface area contributed by atoms with Crippen LogP contribution >= 0.6 is 0 Å². The van der Waals surface area contributed by atoms with Gasteiger partial charge in [-0.25, -0.2) is 0 Å². The SMILES string of the molecule is Cc1cc2c(cc1O)[C@]1(C)CCC(=O)C(C)(C)[C@H]1CC2. The third-order valence-electron chi connectivity index (χ3n) is 5.97. The number of benzene rings is 1. The Morgan fingerprint density at radius 3 is 2.60 bits per heavy atom. The quantitative estimate of drug-likeness (QED) is 0.777. The number of phenolic OH excluding ortho intramolecular Hbond substituents is 1. The molecule has 2 atom stereocenters. The lowest BCUT2D eigenvalue weighted by Crippen LogP contribution is -2.52. The van der Waals surface area contributed by atoms with E-state index in [1.807, 2.05) is 13.0 Å². The fourth-order valence-electron chi connectivity index (χ4n) is 4.66. The summed E-state index contributed by atoms with van der Waals surface area (Å²) in [5.74, 6) is 1.17. The Hall–Kier alpha value is -1.31. The van der Waals surface area contributed by atoms with E-state index in [1.165, 1.54) is 11.1 Å². The van der Waals surface area contributed by atoms with Crippen LogP contribution in [0.3, 0.4) is 0 Å². The lowest BCUT2D eigenvalue weighted by atomic mass is 9.50. The Bertz CT molecular complexity index is 585. The molecule has 0 aliphatic heterocycles. The number of aryl methyl sites for hydroxylation is 2. The van der Waals surface area contributed by atoms with Crippen LogP contribution in [0.2, 0.25) is 0 Å². The van der Waals surface area contributed by atoms with Crippen molar-refractivity contribution in [1.29, 1.82) is 0 Å². The summed E-state index contributed by atoms with van der Waals surface area (Å²) < 4.78 is 0. The van der Waals surface area contributed by atoms with Crippen LogP contribution in [-0.4, -0.2) is 10.9 Å². The number of rotatable bonds is 0. The Morgan fingerprint density at radius 1 is 1.20 bits per heavy atom. The van der Waals surface area contributed by atoms with E-state index in [9.17, 15) is 9.90 Å². The maximum absolute atomic E-state index is 12.3. The molecule has 0 spiro atoms. The number of ketones is 1. The minimum absolute atomic E-state index is 0.0240. The average molecular weight is 272 g/mol. The first-order valence-electron chi connectivity index (χ1n) is 7.63. The highest BCUT2D eigenvalue weighted by Crippen LogP contribution is 2.56. The van der Waals surface area contributed by atoms with Crippen molar-refractivity contribution in [3.63, 3.8) is 0 Å². The first kappa shape index (κ1) is 13.7. The molecule has 3 rings (SSSR count). The second-order valence-corrected chi connectivity index (χ2v) is 7.45. The maximum atomic E-state index is 12.3. The molecular weight excluding hydrogens is 248 g/mol. The minimum atomic E-state index is -0.245. The second kappa shape index (κ2) is 4.09. The molecule has 1 aromatic carbocycles. The van der Waals surface area contributed by atoms with E-state index in [4.69, 9.17) is 0 Å². The van der Waals surface area contributed by atoms with Crippen molar-refractivity contribution in [3.8, 4) is 5.75 Å². The van der Waals surface area contributed by atoms with Crippen molar-refractivity contribution in [2.24, 2.45) is 11.3 Å². The van der Waals surface area contributed by atoms with Crippen molar-refractivity contribution >= 4 is 5.78 Å². The van der Waals surface area contributed by atoms with Gasteiger partial charge < -0.3 is 5.11 Å². The third-order valence-corrected chi connectivity index (χ3v) is 5.97. The minimum Gasteiger partial charge on any atom is -0.508 e. The Kier molecular flexibility index (Phi) is 2.80. The summed E-state index contributed by atoms with van der Waals surface area (Å²) in [5, 5.41) is 10.1. The van der Waals surface area contributed by atoms with Gasteiger partial charge in [-0.3, -0.25) is 4.79 Å². The molecule has 108 valence electrons. The zero-order chi connectivity index (χ0) is 14.7. The topological polar surface area (TPSA) is 37.3 Å². The molecule has 1 aromatic rings. The van der Waals surface area contributed by atoms with Crippen LogP contribution in [0.1, 0.15) is 56.7 Å². The molecule has 0 bridgehead atoms. The van der Waals surface area contributed by atoms with Crippen LogP contribution < -0.4 is 0 Å². The second-order valence-electron chi connectivity index (χ2n) is 7.45. The molecule has 2 aliphatic carbocycles. The molecule has 1 N–H and O–H groups in total. The summed E-state index contributed by atoms with van der Waals surface area (Å²) in [6.07, 6.45) is 3.67. The summed E-state index contributed by atoms with van der Waals surface area (Å²) in [4.78, 5) is 12.3. The standard InChI is InChI=1S/C18H24O2/c1-11-9-12-5-6-15-17(2,3)16(20)7-8-18(15,4)13(12)10-14(11)19/h9-10,15,19H,5-8H2,1-4H3/t15-,18+/m1/s1. The van der Waals surface area contributed by atoms with Crippen molar-refractivity contribution in [2.75, 3.05) is 0 Å².